The second-order valence-corrected chi connectivity index (χ2v) is 6.01. The zero-order valence-corrected chi connectivity index (χ0v) is 11.3. The Morgan fingerprint density at radius 1 is 1.16 bits per heavy atom. The Labute approximate surface area is 115 Å². The van der Waals surface area contributed by atoms with Gasteiger partial charge in [-0.1, -0.05) is 11.6 Å². The molecule has 0 saturated carbocycles. The Kier molecular flexibility index (Phi) is 3.33. The van der Waals surface area contributed by atoms with Crippen LogP contribution in [0, 0.1) is 0 Å². The van der Waals surface area contributed by atoms with Gasteiger partial charge in [0.15, 0.2) is 5.82 Å². The normalized spacial score (nSPS) is 19.5. The maximum Gasteiger partial charge on any atom is 0.258 e. The quantitative estimate of drug-likeness (QED) is 0.819. The van der Waals surface area contributed by atoms with E-state index < -0.39 is 0 Å². The number of hydrogen-bond acceptors (Lipinski definition) is 6. The highest BCUT2D eigenvalue weighted by Crippen LogP contribution is 2.37. The first-order valence-corrected chi connectivity index (χ1v) is 7.39. The van der Waals surface area contributed by atoms with E-state index in [2.05, 4.69) is 10.1 Å². The zero-order chi connectivity index (χ0) is 13.2. The predicted molar refractivity (Wildman–Crippen MR) is 77.6 cm³/mol. The second-order valence-electron chi connectivity index (χ2n) is 4.70. The fraction of sp³-hybridized carbons (Fsp3) is 0.385. The zero-order valence-electron chi connectivity index (χ0n) is 10.5. The van der Waals surface area contributed by atoms with Gasteiger partial charge in [-0.15, -0.1) is 0 Å². The molecular weight excluding hydrogens is 260 g/mol. The summed E-state index contributed by atoms with van der Waals surface area (Å²) in [7, 11) is 0. The van der Waals surface area contributed by atoms with Crippen LogP contribution >= 0.6 is 11.8 Å². The standard InChI is InChI=1S/C13H16N4OS/c14-9-5-8(6-10(15)7-9)13-16-12(17-18-13)11-3-1-2-4-19-11/h5-7,11H,1-4,14-15H2. The van der Waals surface area contributed by atoms with E-state index in [1.807, 2.05) is 11.8 Å². The molecule has 1 unspecified atom stereocenters. The highest BCUT2D eigenvalue weighted by Gasteiger charge is 2.22. The number of anilines is 2. The van der Waals surface area contributed by atoms with Gasteiger partial charge in [0.2, 0.25) is 0 Å². The molecule has 0 radical (unpaired) electrons. The summed E-state index contributed by atoms with van der Waals surface area (Å²) in [5.74, 6) is 2.43. The fourth-order valence-corrected chi connectivity index (χ4v) is 3.46. The van der Waals surface area contributed by atoms with Gasteiger partial charge in [0.1, 0.15) is 0 Å². The molecule has 1 aliphatic rings. The Balaban J connectivity index is 1.87. The first-order valence-electron chi connectivity index (χ1n) is 6.34. The monoisotopic (exact) mass is 276 g/mol. The lowest BCUT2D eigenvalue weighted by atomic mass is 10.1. The number of benzene rings is 1. The molecular formula is C13H16N4OS. The van der Waals surface area contributed by atoms with Crippen LogP contribution in [0.15, 0.2) is 22.7 Å². The minimum absolute atomic E-state index is 0.352. The van der Waals surface area contributed by atoms with Crippen LogP contribution in [0.4, 0.5) is 11.4 Å². The first kappa shape index (κ1) is 12.3. The largest absolute Gasteiger partial charge is 0.399 e. The van der Waals surface area contributed by atoms with Crippen LogP contribution in [0.3, 0.4) is 0 Å². The maximum absolute atomic E-state index is 5.77. The van der Waals surface area contributed by atoms with Crippen molar-refractivity contribution in [2.45, 2.75) is 24.5 Å². The van der Waals surface area contributed by atoms with Crippen molar-refractivity contribution >= 4 is 23.1 Å². The van der Waals surface area contributed by atoms with Gasteiger partial charge in [-0.2, -0.15) is 16.7 Å². The third kappa shape index (κ3) is 2.68. The molecule has 6 heteroatoms. The van der Waals surface area contributed by atoms with Crippen LogP contribution in [0.5, 0.6) is 0 Å². The highest BCUT2D eigenvalue weighted by atomic mass is 32.2. The number of aromatic nitrogens is 2. The van der Waals surface area contributed by atoms with Gasteiger partial charge < -0.3 is 16.0 Å². The van der Waals surface area contributed by atoms with Crippen LogP contribution < -0.4 is 11.5 Å². The van der Waals surface area contributed by atoms with E-state index >= 15 is 0 Å². The molecule has 0 aliphatic carbocycles. The summed E-state index contributed by atoms with van der Waals surface area (Å²) < 4.78 is 5.33. The smallest absolute Gasteiger partial charge is 0.258 e. The summed E-state index contributed by atoms with van der Waals surface area (Å²) in [5, 5.41) is 4.44. The van der Waals surface area contributed by atoms with Gasteiger partial charge in [0.05, 0.1) is 5.25 Å². The fourth-order valence-electron chi connectivity index (χ4n) is 2.23. The molecule has 1 atom stereocenters. The van der Waals surface area contributed by atoms with E-state index in [9.17, 15) is 0 Å². The predicted octanol–water partition coefficient (Wildman–Crippen LogP) is 2.86. The Hall–Kier alpha value is -1.69. The van der Waals surface area contributed by atoms with E-state index in [4.69, 9.17) is 16.0 Å². The van der Waals surface area contributed by atoms with Crippen LogP contribution in [0.25, 0.3) is 11.5 Å². The third-order valence-corrected chi connectivity index (χ3v) is 4.51. The van der Waals surface area contributed by atoms with Gasteiger partial charge in [-0.05, 0) is 36.8 Å². The Bertz CT molecular complexity index is 558. The number of nitrogens with zero attached hydrogens (tertiary/aromatic N) is 2. The molecule has 2 heterocycles. The second kappa shape index (κ2) is 5.13. The van der Waals surface area contributed by atoms with Crippen molar-refractivity contribution in [2.75, 3.05) is 17.2 Å². The van der Waals surface area contributed by atoms with Crippen molar-refractivity contribution in [3.05, 3.63) is 24.0 Å². The van der Waals surface area contributed by atoms with Gasteiger partial charge in [-0.3, -0.25) is 0 Å². The molecule has 1 fully saturated rings. The van der Waals surface area contributed by atoms with Crippen molar-refractivity contribution in [1.29, 1.82) is 0 Å². The molecule has 4 N–H and O–H groups in total. The molecule has 0 amide bonds. The molecule has 3 rings (SSSR count). The average Bonchev–Trinajstić information content (AvgIpc) is 2.88. The van der Waals surface area contributed by atoms with Crippen molar-refractivity contribution in [1.82, 2.24) is 10.1 Å². The van der Waals surface area contributed by atoms with E-state index in [1.165, 1.54) is 18.6 Å². The SMILES string of the molecule is Nc1cc(N)cc(-c2nc(C3CCCCS3)no2)c1. The molecule has 19 heavy (non-hydrogen) atoms. The molecule has 5 nitrogen and oxygen atoms in total. The van der Waals surface area contributed by atoms with Crippen LogP contribution in [0.2, 0.25) is 0 Å². The van der Waals surface area contributed by atoms with Gasteiger partial charge in [-0.25, -0.2) is 0 Å². The van der Waals surface area contributed by atoms with E-state index in [0.717, 1.165) is 17.8 Å². The lowest BCUT2D eigenvalue weighted by Crippen LogP contribution is -2.03. The van der Waals surface area contributed by atoms with Crippen molar-refractivity contribution in [2.24, 2.45) is 0 Å². The molecule has 1 saturated heterocycles. The Morgan fingerprint density at radius 3 is 2.63 bits per heavy atom. The molecule has 100 valence electrons. The number of hydrogen-bond donors (Lipinski definition) is 2. The van der Waals surface area contributed by atoms with Gasteiger partial charge in [0.25, 0.3) is 5.89 Å². The average molecular weight is 276 g/mol. The van der Waals surface area contributed by atoms with Crippen LogP contribution in [0.1, 0.15) is 30.3 Å². The molecule has 1 aromatic heterocycles. The van der Waals surface area contributed by atoms with Gasteiger partial charge in [0, 0.05) is 16.9 Å². The summed E-state index contributed by atoms with van der Waals surface area (Å²) in [4.78, 5) is 4.48. The third-order valence-electron chi connectivity index (χ3n) is 3.13. The maximum atomic E-state index is 5.77. The molecule has 0 bridgehead atoms. The van der Waals surface area contributed by atoms with Crippen molar-refractivity contribution in [3.8, 4) is 11.5 Å². The van der Waals surface area contributed by atoms with E-state index in [1.54, 1.807) is 18.2 Å². The number of rotatable bonds is 2. The molecule has 1 aromatic carbocycles. The summed E-state index contributed by atoms with van der Waals surface area (Å²) in [6.45, 7) is 0. The summed E-state index contributed by atoms with van der Waals surface area (Å²) >= 11 is 1.90. The van der Waals surface area contributed by atoms with E-state index in [0.29, 0.717) is 22.5 Å². The van der Waals surface area contributed by atoms with Crippen LogP contribution in [-0.4, -0.2) is 15.9 Å². The number of nitrogen functional groups attached to an aromatic ring is 2. The first-order chi connectivity index (χ1) is 9.22. The van der Waals surface area contributed by atoms with Crippen molar-refractivity contribution in [3.63, 3.8) is 0 Å². The number of nitrogens with two attached hydrogens (primary N) is 2. The number of thioether (sulfide) groups is 1. The summed E-state index contributed by atoms with van der Waals surface area (Å²) in [6, 6.07) is 5.29. The lowest BCUT2D eigenvalue weighted by Gasteiger charge is -2.17. The minimum atomic E-state index is 0.352. The minimum Gasteiger partial charge on any atom is -0.399 e. The topological polar surface area (TPSA) is 91.0 Å². The van der Waals surface area contributed by atoms with E-state index in [-0.39, 0.29) is 0 Å². The molecule has 2 aromatic rings. The van der Waals surface area contributed by atoms with Crippen LogP contribution in [-0.2, 0) is 0 Å². The molecule has 0 spiro atoms. The van der Waals surface area contributed by atoms with Gasteiger partial charge >= 0.3 is 0 Å². The van der Waals surface area contributed by atoms with Crippen molar-refractivity contribution < 1.29 is 4.52 Å². The molecule has 1 aliphatic heterocycles. The highest BCUT2D eigenvalue weighted by molar-refractivity contribution is 7.99. The summed E-state index contributed by atoms with van der Waals surface area (Å²) in [5.41, 5.74) is 13.5. The summed E-state index contributed by atoms with van der Waals surface area (Å²) in [6.07, 6.45) is 3.62. The lowest BCUT2D eigenvalue weighted by molar-refractivity contribution is 0.420. The Morgan fingerprint density at radius 2 is 1.95 bits per heavy atom.